The molecule has 2 unspecified atom stereocenters. The lowest BCUT2D eigenvalue weighted by Crippen LogP contribution is -2.31. The largest absolute Gasteiger partial charge is 0.325 e. The van der Waals surface area contributed by atoms with Crippen molar-refractivity contribution < 1.29 is 37.2 Å². The minimum Gasteiger partial charge on any atom is -0.325 e. The Hall–Kier alpha value is -5.35. The molecule has 6 rings (SSSR count). The Morgan fingerprint density at radius 1 is 0.638 bits per heavy atom. The molecule has 4 aromatic carbocycles. The highest BCUT2D eigenvalue weighted by Gasteiger charge is 2.45. The van der Waals surface area contributed by atoms with E-state index in [1.165, 1.54) is 18.2 Å². The first-order chi connectivity index (χ1) is 22.4. The third-order valence-electron chi connectivity index (χ3n) is 8.83. The fourth-order valence-electron chi connectivity index (χ4n) is 6.15. The van der Waals surface area contributed by atoms with Crippen LogP contribution in [0.25, 0.3) is 0 Å². The lowest BCUT2D eigenvalue weighted by molar-refractivity contribution is -0.120. The molecule has 1 N–H and O–H groups in total. The number of nitrogens with one attached hydrogen (secondary N) is 1. The second kappa shape index (κ2) is 12.1. The van der Waals surface area contributed by atoms with Gasteiger partial charge in [-0.05, 0) is 85.8 Å². The third kappa shape index (κ3) is 5.54. The SMILES string of the molecule is Cc1ccccc1CCCC(=O)C1C(=O)c2ccc(S(=O)(=O)c3ccc4c(c3)C(=O)C(C(=O)Nc3ccccc3C)C4=O)cc2C1=O. The molecular formula is C37H29NO8S. The summed E-state index contributed by atoms with van der Waals surface area (Å²) in [5.74, 6) is -7.51. The van der Waals surface area contributed by atoms with E-state index in [9.17, 15) is 37.2 Å². The smallest absolute Gasteiger partial charge is 0.243 e. The molecule has 0 fully saturated rings. The van der Waals surface area contributed by atoms with Gasteiger partial charge in [-0.25, -0.2) is 8.42 Å². The van der Waals surface area contributed by atoms with E-state index in [1.54, 1.807) is 31.2 Å². The molecule has 2 atom stereocenters. The van der Waals surface area contributed by atoms with E-state index in [2.05, 4.69) is 5.32 Å². The summed E-state index contributed by atoms with van der Waals surface area (Å²) < 4.78 is 27.4. The summed E-state index contributed by atoms with van der Waals surface area (Å²) in [5.41, 5.74) is 2.86. The molecule has 0 aromatic heterocycles. The van der Waals surface area contributed by atoms with Crippen molar-refractivity contribution >= 4 is 50.3 Å². The Morgan fingerprint density at radius 3 is 1.74 bits per heavy atom. The second-order valence-electron chi connectivity index (χ2n) is 11.8. The molecule has 0 spiro atoms. The molecule has 0 radical (unpaired) electrons. The van der Waals surface area contributed by atoms with Crippen LogP contribution in [0.15, 0.2) is 94.7 Å². The number of hydrogen-bond donors (Lipinski definition) is 1. The van der Waals surface area contributed by atoms with Gasteiger partial charge in [0.1, 0.15) is 5.92 Å². The van der Waals surface area contributed by atoms with Crippen LogP contribution in [0.1, 0.15) is 71.0 Å². The van der Waals surface area contributed by atoms with Gasteiger partial charge in [-0.15, -0.1) is 0 Å². The molecule has 2 aliphatic carbocycles. The summed E-state index contributed by atoms with van der Waals surface area (Å²) in [7, 11) is -4.35. The number of carbonyl (C=O) groups excluding carboxylic acids is 6. The summed E-state index contributed by atoms with van der Waals surface area (Å²) >= 11 is 0. The number of ketones is 5. The number of Topliss-reactive ketones (excluding diaryl/α,β-unsaturated/α-hetero) is 5. The molecule has 47 heavy (non-hydrogen) atoms. The van der Waals surface area contributed by atoms with Crippen molar-refractivity contribution in [3.8, 4) is 0 Å². The van der Waals surface area contributed by atoms with Crippen LogP contribution in [0, 0.1) is 25.7 Å². The molecule has 10 heteroatoms. The molecule has 0 saturated carbocycles. The fourth-order valence-corrected chi connectivity index (χ4v) is 7.46. The molecule has 9 nitrogen and oxygen atoms in total. The molecule has 0 aliphatic heterocycles. The quantitative estimate of drug-likeness (QED) is 0.239. The van der Waals surface area contributed by atoms with Crippen LogP contribution in [0.3, 0.4) is 0 Å². The zero-order valence-corrected chi connectivity index (χ0v) is 26.3. The van der Waals surface area contributed by atoms with E-state index in [0.29, 0.717) is 18.5 Å². The average Bonchev–Trinajstić information content (AvgIpc) is 3.46. The highest BCUT2D eigenvalue weighted by Crippen LogP contribution is 2.35. The summed E-state index contributed by atoms with van der Waals surface area (Å²) in [6, 6.07) is 21.5. The number of hydrogen-bond acceptors (Lipinski definition) is 8. The van der Waals surface area contributed by atoms with Crippen LogP contribution in [0.5, 0.6) is 0 Å². The minimum atomic E-state index is -4.35. The van der Waals surface area contributed by atoms with Crippen molar-refractivity contribution in [1.82, 2.24) is 0 Å². The van der Waals surface area contributed by atoms with E-state index in [0.717, 1.165) is 34.9 Å². The van der Waals surface area contributed by atoms with Crippen LogP contribution >= 0.6 is 0 Å². The summed E-state index contributed by atoms with van der Waals surface area (Å²) in [6.07, 6.45) is 1.07. The van der Waals surface area contributed by atoms with E-state index in [-0.39, 0.29) is 38.5 Å². The van der Waals surface area contributed by atoms with E-state index in [1.807, 2.05) is 31.2 Å². The number of aryl methyl sites for hydroxylation is 3. The Morgan fingerprint density at radius 2 is 1.15 bits per heavy atom. The maximum absolute atomic E-state index is 13.7. The van der Waals surface area contributed by atoms with Gasteiger partial charge in [-0.1, -0.05) is 42.5 Å². The first-order valence-corrected chi connectivity index (χ1v) is 16.5. The zero-order chi connectivity index (χ0) is 33.6. The number of para-hydroxylation sites is 1. The maximum atomic E-state index is 13.7. The Kier molecular flexibility index (Phi) is 8.15. The van der Waals surface area contributed by atoms with Crippen LogP contribution in [-0.4, -0.2) is 43.2 Å². The topological polar surface area (TPSA) is 149 Å². The lowest BCUT2D eigenvalue weighted by atomic mass is 9.93. The van der Waals surface area contributed by atoms with Gasteiger partial charge in [0, 0.05) is 34.4 Å². The lowest BCUT2D eigenvalue weighted by Gasteiger charge is -2.10. The number of anilines is 1. The number of benzene rings is 4. The molecule has 1 amide bonds. The predicted molar refractivity (Wildman–Crippen MR) is 172 cm³/mol. The second-order valence-corrected chi connectivity index (χ2v) is 13.7. The van der Waals surface area contributed by atoms with Crippen LogP contribution in [-0.2, 0) is 25.8 Å². The number of amides is 1. The van der Waals surface area contributed by atoms with Crippen molar-refractivity contribution in [2.45, 2.75) is 42.9 Å². The van der Waals surface area contributed by atoms with Crippen LogP contribution in [0.4, 0.5) is 5.69 Å². The number of rotatable bonds is 9. The van der Waals surface area contributed by atoms with Gasteiger partial charge in [-0.2, -0.15) is 0 Å². The van der Waals surface area contributed by atoms with Crippen molar-refractivity contribution in [2.24, 2.45) is 11.8 Å². The van der Waals surface area contributed by atoms with Crippen molar-refractivity contribution in [1.29, 1.82) is 0 Å². The average molecular weight is 648 g/mol. The van der Waals surface area contributed by atoms with Crippen molar-refractivity contribution in [3.05, 3.63) is 124 Å². The van der Waals surface area contributed by atoms with E-state index in [4.69, 9.17) is 0 Å². The van der Waals surface area contributed by atoms with Gasteiger partial charge in [0.05, 0.1) is 9.79 Å². The fraction of sp³-hybridized carbons (Fsp3) is 0.189. The van der Waals surface area contributed by atoms with Gasteiger partial charge < -0.3 is 5.32 Å². The summed E-state index contributed by atoms with van der Waals surface area (Å²) in [5, 5.41) is 2.60. The summed E-state index contributed by atoms with van der Waals surface area (Å²) in [6.45, 7) is 3.72. The molecule has 236 valence electrons. The predicted octanol–water partition coefficient (Wildman–Crippen LogP) is 5.36. The third-order valence-corrected chi connectivity index (χ3v) is 10.6. The number of sulfone groups is 1. The molecular weight excluding hydrogens is 618 g/mol. The van der Waals surface area contributed by atoms with Gasteiger partial charge >= 0.3 is 0 Å². The monoisotopic (exact) mass is 647 g/mol. The Balaban J connectivity index is 1.20. The number of fused-ring (bicyclic) bond motifs is 2. The Labute approximate surface area is 270 Å². The van der Waals surface area contributed by atoms with Crippen LogP contribution in [0.2, 0.25) is 0 Å². The number of carbonyl (C=O) groups is 6. The molecule has 2 aliphatic rings. The maximum Gasteiger partial charge on any atom is 0.243 e. The first-order valence-electron chi connectivity index (χ1n) is 15.0. The van der Waals surface area contributed by atoms with E-state index < -0.39 is 56.5 Å². The normalized spacial score (nSPS) is 17.1. The van der Waals surface area contributed by atoms with Gasteiger partial charge in [0.2, 0.25) is 15.7 Å². The highest BCUT2D eigenvalue weighted by molar-refractivity contribution is 7.91. The van der Waals surface area contributed by atoms with Gasteiger partial charge in [-0.3, -0.25) is 28.8 Å². The van der Waals surface area contributed by atoms with Crippen molar-refractivity contribution in [3.63, 3.8) is 0 Å². The Bertz CT molecular complexity index is 2160. The van der Waals surface area contributed by atoms with Crippen molar-refractivity contribution in [2.75, 3.05) is 5.32 Å². The highest BCUT2D eigenvalue weighted by atomic mass is 32.2. The zero-order valence-electron chi connectivity index (χ0n) is 25.5. The van der Waals surface area contributed by atoms with Gasteiger partial charge in [0.25, 0.3) is 0 Å². The molecule has 0 saturated heterocycles. The van der Waals surface area contributed by atoms with Crippen LogP contribution < -0.4 is 5.32 Å². The van der Waals surface area contributed by atoms with E-state index >= 15 is 0 Å². The first kappa shape index (κ1) is 31.6. The minimum absolute atomic E-state index is 0.0153. The molecule has 0 bridgehead atoms. The van der Waals surface area contributed by atoms with Gasteiger partial charge in [0.15, 0.2) is 34.8 Å². The standard InChI is InChI=1S/C37H29NO8S/c1-20-8-3-5-10-22(20)11-7-13-30(39)31-33(40)25-16-14-23(18-27(25)35(31)42)47(45,46)24-15-17-26-28(19-24)36(43)32(34(26)41)37(44)38-29-12-6-4-9-21(29)2/h3-6,8-10,12,14-19,31-32H,7,11,13H2,1-2H3,(H,38,44). The molecule has 0 heterocycles. The summed E-state index contributed by atoms with van der Waals surface area (Å²) in [4.78, 5) is 78.0. The molecule has 4 aromatic rings.